The Morgan fingerprint density at radius 1 is 1.20 bits per heavy atom. The minimum atomic E-state index is -0.142. The topological polar surface area (TPSA) is 91.4 Å². The zero-order valence-electron chi connectivity index (χ0n) is 17.3. The van der Waals surface area contributed by atoms with Crippen LogP contribution in [0.2, 0.25) is 0 Å². The SMILES string of the molecule is COCc1nnc(SCc2ccccc2C(=O)NCc2ccco2)n1[C@H](C)COC. The Bertz CT molecular complexity index is 942. The quantitative estimate of drug-likeness (QED) is 0.466. The molecule has 30 heavy (non-hydrogen) atoms. The van der Waals surface area contributed by atoms with Crippen LogP contribution in [0, 0.1) is 0 Å². The number of carbonyl (C=O) groups excluding carboxylic acids is 1. The number of hydrogen-bond donors (Lipinski definition) is 1. The van der Waals surface area contributed by atoms with E-state index in [4.69, 9.17) is 13.9 Å². The van der Waals surface area contributed by atoms with Gasteiger partial charge in [0.15, 0.2) is 11.0 Å². The van der Waals surface area contributed by atoms with Crippen molar-refractivity contribution in [3.05, 3.63) is 65.4 Å². The molecular weight excluding hydrogens is 404 g/mol. The van der Waals surface area contributed by atoms with Gasteiger partial charge in [0.25, 0.3) is 5.91 Å². The van der Waals surface area contributed by atoms with Crippen molar-refractivity contribution in [3.63, 3.8) is 0 Å². The number of furan rings is 1. The second-order valence-electron chi connectivity index (χ2n) is 6.71. The number of rotatable bonds is 11. The Kier molecular flexibility index (Phi) is 8.06. The van der Waals surface area contributed by atoms with E-state index in [0.717, 1.165) is 16.5 Å². The van der Waals surface area contributed by atoms with E-state index >= 15 is 0 Å². The molecule has 1 aromatic carbocycles. The molecule has 1 N–H and O–H groups in total. The van der Waals surface area contributed by atoms with Gasteiger partial charge >= 0.3 is 0 Å². The summed E-state index contributed by atoms with van der Waals surface area (Å²) in [6, 6.07) is 11.2. The first-order valence-corrected chi connectivity index (χ1v) is 10.6. The molecule has 2 aromatic heterocycles. The predicted molar refractivity (Wildman–Crippen MR) is 113 cm³/mol. The number of nitrogens with zero attached hydrogens (tertiary/aromatic N) is 3. The lowest BCUT2D eigenvalue weighted by Gasteiger charge is -2.17. The fourth-order valence-electron chi connectivity index (χ4n) is 3.08. The van der Waals surface area contributed by atoms with E-state index in [2.05, 4.69) is 15.5 Å². The molecule has 0 saturated carbocycles. The summed E-state index contributed by atoms with van der Waals surface area (Å²) < 4.78 is 17.8. The normalized spacial score (nSPS) is 12.1. The van der Waals surface area contributed by atoms with Crippen LogP contribution in [0.25, 0.3) is 0 Å². The number of benzene rings is 1. The fourth-order valence-corrected chi connectivity index (χ4v) is 4.14. The van der Waals surface area contributed by atoms with Gasteiger partial charge in [0.2, 0.25) is 0 Å². The maximum atomic E-state index is 12.7. The highest BCUT2D eigenvalue weighted by molar-refractivity contribution is 7.98. The summed E-state index contributed by atoms with van der Waals surface area (Å²) in [5, 5.41) is 12.2. The maximum absolute atomic E-state index is 12.7. The first kappa shape index (κ1) is 22.1. The molecule has 3 aromatic rings. The van der Waals surface area contributed by atoms with Gasteiger partial charge in [-0.2, -0.15) is 0 Å². The maximum Gasteiger partial charge on any atom is 0.251 e. The molecule has 0 bridgehead atoms. The van der Waals surface area contributed by atoms with E-state index in [9.17, 15) is 4.79 Å². The van der Waals surface area contributed by atoms with E-state index in [0.29, 0.717) is 36.8 Å². The number of carbonyl (C=O) groups is 1. The van der Waals surface area contributed by atoms with Crippen LogP contribution in [0.3, 0.4) is 0 Å². The van der Waals surface area contributed by atoms with Crippen LogP contribution in [0.15, 0.2) is 52.2 Å². The van der Waals surface area contributed by atoms with Crippen LogP contribution in [0.5, 0.6) is 0 Å². The number of hydrogen-bond acceptors (Lipinski definition) is 7. The van der Waals surface area contributed by atoms with Crippen molar-refractivity contribution < 1.29 is 18.7 Å². The first-order chi connectivity index (χ1) is 14.6. The molecule has 2 heterocycles. The van der Waals surface area contributed by atoms with Gasteiger partial charge in [0.1, 0.15) is 12.4 Å². The van der Waals surface area contributed by atoms with Crippen LogP contribution < -0.4 is 5.32 Å². The van der Waals surface area contributed by atoms with Crippen molar-refractivity contribution in [3.8, 4) is 0 Å². The Morgan fingerprint density at radius 2 is 2.03 bits per heavy atom. The molecule has 0 radical (unpaired) electrons. The van der Waals surface area contributed by atoms with Gasteiger partial charge in [-0.15, -0.1) is 10.2 Å². The molecule has 0 aliphatic rings. The second kappa shape index (κ2) is 11.0. The van der Waals surface area contributed by atoms with Crippen molar-refractivity contribution in [1.29, 1.82) is 0 Å². The number of thioether (sulfide) groups is 1. The summed E-state index contributed by atoms with van der Waals surface area (Å²) in [7, 11) is 3.30. The third-order valence-electron chi connectivity index (χ3n) is 4.48. The van der Waals surface area contributed by atoms with Crippen molar-refractivity contribution in [2.45, 2.75) is 37.0 Å². The Balaban J connectivity index is 1.72. The molecule has 9 heteroatoms. The van der Waals surface area contributed by atoms with Gasteiger partial charge in [0, 0.05) is 25.5 Å². The summed E-state index contributed by atoms with van der Waals surface area (Å²) in [5.41, 5.74) is 1.55. The van der Waals surface area contributed by atoms with Gasteiger partial charge in [-0.05, 0) is 30.7 Å². The summed E-state index contributed by atoms with van der Waals surface area (Å²) in [6.07, 6.45) is 1.59. The van der Waals surface area contributed by atoms with Crippen molar-refractivity contribution in [1.82, 2.24) is 20.1 Å². The van der Waals surface area contributed by atoms with Gasteiger partial charge in [-0.3, -0.25) is 9.36 Å². The van der Waals surface area contributed by atoms with Gasteiger partial charge in [0.05, 0.1) is 25.5 Å². The van der Waals surface area contributed by atoms with E-state index < -0.39 is 0 Å². The highest BCUT2D eigenvalue weighted by atomic mass is 32.2. The van der Waals surface area contributed by atoms with E-state index in [1.54, 1.807) is 26.5 Å². The average molecular weight is 431 g/mol. The van der Waals surface area contributed by atoms with Crippen LogP contribution in [0.1, 0.15) is 40.5 Å². The molecular formula is C21H26N4O4S. The smallest absolute Gasteiger partial charge is 0.251 e. The van der Waals surface area contributed by atoms with Gasteiger partial charge in [-0.25, -0.2) is 0 Å². The lowest BCUT2D eigenvalue weighted by Crippen LogP contribution is -2.23. The number of amides is 1. The molecule has 0 aliphatic heterocycles. The monoisotopic (exact) mass is 430 g/mol. The Labute approximate surface area is 180 Å². The lowest BCUT2D eigenvalue weighted by atomic mass is 10.1. The molecule has 0 aliphatic carbocycles. The zero-order chi connectivity index (χ0) is 21.3. The molecule has 8 nitrogen and oxygen atoms in total. The van der Waals surface area contributed by atoms with Crippen molar-refractivity contribution in [2.24, 2.45) is 0 Å². The number of ether oxygens (including phenoxy) is 2. The molecule has 3 rings (SSSR count). The number of nitrogens with one attached hydrogen (secondary N) is 1. The average Bonchev–Trinajstić information content (AvgIpc) is 3.41. The molecule has 1 amide bonds. The van der Waals surface area contributed by atoms with Crippen LogP contribution in [-0.2, 0) is 28.4 Å². The van der Waals surface area contributed by atoms with Crippen molar-refractivity contribution >= 4 is 17.7 Å². The standard InChI is InChI=1S/C21H26N4O4S/c1-15(12-27-2)25-19(13-28-3)23-24-21(25)30-14-16-7-4-5-9-18(16)20(26)22-11-17-8-6-10-29-17/h4-10,15H,11-14H2,1-3H3,(H,22,26)/t15-/m1/s1. The number of methoxy groups -OCH3 is 2. The molecule has 0 fully saturated rings. The van der Waals surface area contributed by atoms with Gasteiger partial charge in [-0.1, -0.05) is 30.0 Å². The van der Waals surface area contributed by atoms with Gasteiger partial charge < -0.3 is 19.2 Å². The van der Waals surface area contributed by atoms with Crippen molar-refractivity contribution in [2.75, 3.05) is 20.8 Å². The summed E-state index contributed by atoms with van der Waals surface area (Å²) >= 11 is 1.53. The van der Waals surface area contributed by atoms with Crippen LogP contribution in [-0.4, -0.2) is 41.5 Å². The second-order valence-corrected chi connectivity index (χ2v) is 7.66. The molecule has 1 atom stereocenters. The summed E-state index contributed by atoms with van der Waals surface area (Å²) in [5.74, 6) is 1.89. The summed E-state index contributed by atoms with van der Waals surface area (Å²) in [6.45, 7) is 3.30. The Hall–Kier alpha value is -2.62. The van der Waals surface area contributed by atoms with E-state index in [1.165, 1.54) is 11.8 Å². The minimum absolute atomic E-state index is 0.0597. The lowest BCUT2D eigenvalue weighted by molar-refractivity contribution is 0.0947. The van der Waals surface area contributed by atoms with E-state index in [-0.39, 0.29) is 11.9 Å². The fraction of sp³-hybridized carbons (Fsp3) is 0.381. The largest absolute Gasteiger partial charge is 0.467 e. The van der Waals surface area contributed by atoms with E-state index in [1.807, 2.05) is 41.8 Å². The molecule has 0 unspecified atom stereocenters. The third kappa shape index (κ3) is 5.50. The Morgan fingerprint density at radius 3 is 2.77 bits per heavy atom. The molecule has 0 spiro atoms. The first-order valence-electron chi connectivity index (χ1n) is 9.57. The predicted octanol–water partition coefficient (Wildman–Crippen LogP) is 3.45. The van der Waals surface area contributed by atoms with Crippen LogP contribution in [0.4, 0.5) is 0 Å². The highest BCUT2D eigenvalue weighted by Gasteiger charge is 2.19. The molecule has 160 valence electrons. The summed E-state index contributed by atoms with van der Waals surface area (Å²) in [4.78, 5) is 12.7. The number of aromatic nitrogens is 3. The minimum Gasteiger partial charge on any atom is -0.467 e. The van der Waals surface area contributed by atoms with Crippen LogP contribution >= 0.6 is 11.8 Å². The zero-order valence-corrected chi connectivity index (χ0v) is 18.1. The third-order valence-corrected chi connectivity index (χ3v) is 5.47. The highest BCUT2D eigenvalue weighted by Crippen LogP contribution is 2.27. The molecule has 0 saturated heterocycles.